The van der Waals surface area contributed by atoms with E-state index in [2.05, 4.69) is 96.6 Å². The molecule has 3 heterocycles. The van der Waals surface area contributed by atoms with E-state index in [4.69, 9.17) is 14.5 Å². The van der Waals surface area contributed by atoms with Crippen molar-refractivity contribution in [3.05, 3.63) is 95.7 Å². The molecule has 2 aliphatic heterocycles. The van der Waals surface area contributed by atoms with E-state index >= 15 is 0 Å². The molecule has 0 radical (unpaired) electrons. The Morgan fingerprint density at radius 2 is 1.65 bits per heavy atom. The molecule has 0 amide bonds. The minimum Gasteiger partial charge on any atom is -0.486 e. The molecule has 40 heavy (non-hydrogen) atoms. The fraction of sp³-hybridized carbons (Fsp3) is 0.343. The maximum Gasteiger partial charge on any atom is 0.161 e. The van der Waals surface area contributed by atoms with Crippen molar-refractivity contribution in [1.82, 2.24) is 14.5 Å². The molecule has 2 aliphatic rings. The van der Waals surface area contributed by atoms with Gasteiger partial charge in [0.05, 0.1) is 11.4 Å². The smallest absolute Gasteiger partial charge is 0.161 e. The summed E-state index contributed by atoms with van der Waals surface area (Å²) in [4.78, 5) is 8.01. The molecule has 3 aromatic carbocycles. The number of likely N-dealkylation sites (tertiary alicyclic amines) is 1. The van der Waals surface area contributed by atoms with Crippen LogP contribution in [0.25, 0.3) is 28.8 Å². The maximum atomic E-state index is 5.95. The molecule has 6 rings (SSSR count). The highest BCUT2D eigenvalue weighted by molar-refractivity contribution is 5.74. The van der Waals surface area contributed by atoms with Gasteiger partial charge in [0.2, 0.25) is 0 Å². The van der Waals surface area contributed by atoms with Crippen molar-refractivity contribution in [2.75, 3.05) is 19.8 Å². The molecule has 0 bridgehead atoms. The Balaban J connectivity index is 1.46. The van der Waals surface area contributed by atoms with Gasteiger partial charge in [-0.15, -0.1) is 0 Å². The minimum absolute atomic E-state index is 0.305. The number of hydrogen-bond acceptors (Lipinski definition) is 4. The van der Waals surface area contributed by atoms with E-state index < -0.39 is 0 Å². The number of rotatable bonds is 8. The predicted molar refractivity (Wildman–Crippen MR) is 163 cm³/mol. The summed E-state index contributed by atoms with van der Waals surface area (Å²) in [5.41, 5.74) is 8.55. The van der Waals surface area contributed by atoms with Gasteiger partial charge in [0, 0.05) is 29.9 Å². The third-order valence-electron chi connectivity index (χ3n) is 8.38. The van der Waals surface area contributed by atoms with Crippen LogP contribution < -0.4 is 9.47 Å². The first-order chi connectivity index (χ1) is 19.7. The molecular weight excluding hydrogens is 494 g/mol. The first-order valence-electron chi connectivity index (χ1n) is 14.8. The van der Waals surface area contributed by atoms with Crippen LogP contribution in [0.4, 0.5) is 0 Å². The Morgan fingerprint density at radius 3 is 2.38 bits per heavy atom. The Labute approximate surface area is 238 Å². The molecule has 0 spiro atoms. The average Bonchev–Trinajstić information content (AvgIpc) is 3.38. The second-order valence-corrected chi connectivity index (χ2v) is 10.7. The van der Waals surface area contributed by atoms with Crippen LogP contribution in [-0.4, -0.2) is 34.2 Å². The zero-order valence-electron chi connectivity index (χ0n) is 23.7. The van der Waals surface area contributed by atoms with Crippen LogP contribution in [0.3, 0.4) is 0 Å². The summed E-state index contributed by atoms with van der Waals surface area (Å²) in [7, 11) is 0. The van der Waals surface area contributed by atoms with Crippen molar-refractivity contribution in [3.63, 3.8) is 0 Å². The van der Waals surface area contributed by atoms with Gasteiger partial charge in [-0.3, -0.25) is 4.90 Å². The lowest BCUT2D eigenvalue weighted by Crippen LogP contribution is -2.33. The van der Waals surface area contributed by atoms with Crippen LogP contribution in [-0.2, 0) is 19.4 Å². The molecule has 5 heteroatoms. The van der Waals surface area contributed by atoms with Gasteiger partial charge < -0.3 is 14.0 Å². The number of nitrogens with zero attached hydrogens (tertiary/aromatic N) is 3. The molecule has 1 fully saturated rings. The molecular formula is C35H39N3O2. The highest BCUT2D eigenvalue weighted by Gasteiger charge is 2.29. The number of piperidine rings is 1. The summed E-state index contributed by atoms with van der Waals surface area (Å²) in [5.74, 6) is 2.70. The van der Waals surface area contributed by atoms with Crippen molar-refractivity contribution >= 4 is 6.20 Å². The van der Waals surface area contributed by atoms with Gasteiger partial charge in [-0.05, 0) is 61.1 Å². The van der Waals surface area contributed by atoms with Crippen LogP contribution in [0.2, 0.25) is 0 Å². The van der Waals surface area contributed by atoms with E-state index in [0.717, 1.165) is 60.9 Å². The first-order valence-corrected chi connectivity index (χ1v) is 14.8. The van der Waals surface area contributed by atoms with Crippen LogP contribution >= 0.6 is 0 Å². The Bertz CT molecular complexity index is 1470. The zero-order valence-corrected chi connectivity index (χ0v) is 23.7. The van der Waals surface area contributed by atoms with E-state index in [1.165, 1.54) is 40.8 Å². The summed E-state index contributed by atoms with van der Waals surface area (Å²) in [6.07, 6.45) is 7.41. The number of hydrogen-bond donors (Lipinski definition) is 0. The normalized spacial score (nSPS) is 17.1. The molecule has 5 nitrogen and oxygen atoms in total. The molecule has 0 N–H and O–H groups in total. The molecule has 0 aliphatic carbocycles. The summed E-state index contributed by atoms with van der Waals surface area (Å²) in [6.45, 7) is 11.8. The van der Waals surface area contributed by atoms with E-state index in [1.54, 1.807) is 0 Å². The van der Waals surface area contributed by atoms with Crippen LogP contribution in [0, 0.1) is 0 Å². The molecule has 1 atom stereocenters. The first kappa shape index (κ1) is 26.4. The van der Waals surface area contributed by atoms with Crippen LogP contribution in [0.15, 0.2) is 73.3 Å². The number of aryl methyl sites for hydroxylation is 2. The minimum atomic E-state index is 0.305. The third-order valence-corrected chi connectivity index (χ3v) is 8.38. The molecule has 4 aromatic rings. The van der Waals surface area contributed by atoms with Crippen molar-refractivity contribution in [3.8, 4) is 34.1 Å². The third kappa shape index (κ3) is 4.95. The van der Waals surface area contributed by atoms with Gasteiger partial charge in [0.15, 0.2) is 11.5 Å². The monoisotopic (exact) mass is 533 g/mol. The molecule has 206 valence electrons. The van der Waals surface area contributed by atoms with Gasteiger partial charge in [0.1, 0.15) is 19.0 Å². The Hall–Kier alpha value is -3.83. The summed E-state index contributed by atoms with van der Waals surface area (Å²) in [5, 5.41) is 0. The number of benzene rings is 3. The highest BCUT2D eigenvalue weighted by atomic mass is 16.6. The van der Waals surface area contributed by atoms with Crippen molar-refractivity contribution in [1.29, 1.82) is 0 Å². The topological polar surface area (TPSA) is 39.5 Å². The predicted octanol–water partition coefficient (Wildman–Crippen LogP) is 7.94. The lowest BCUT2D eigenvalue weighted by Gasteiger charge is -2.36. The quantitative estimate of drug-likeness (QED) is 0.230. The Kier molecular flexibility index (Phi) is 7.74. The lowest BCUT2D eigenvalue weighted by atomic mass is 9.94. The van der Waals surface area contributed by atoms with Crippen molar-refractivity contribution < 1.29 is 9.47 Å². The van der Waals surface area contributed by atoms with Gasteiger partial charge in [-0.1, -0.05) is 81.4 Å². The van der Waals surface area contributed by atoms with Crippen molar-refractivity contribution in [2.45, 2.75) is 58.5 Å². The molecule has 1 aromatic heterocycles. The zero-order chi connectivity index (χ0) is 27.5. The van der Waals surface area contributed by atoms with Gasteiger partial charge in [0.25, 0.3) is 0 Å². The Morgan fingerprint density at radius 1 is 0.900 bits per heavy atom. The summed E-state index contributed by atoms with van der Waals surface area (Å²) in [6, 6.07) is 24.0. The average molecular weight is 534 g/mol. The summed E-state index contributed by atoms with van der Waals surface area (Å²) < 4.78 is 14.0. The fourth-order valence-electron chi connectivity index (χ4n) is 6.36. The lowest BCUT2D eigenvalue weighted by molar-refractivity contribution is 0.136. The molecule has 1 saturated heterocycles. The standard InChI is InChI=1S/C35H39N3O2/c1-4-25-15-12-16-26(5-2)33(25)35-36-34(27-13-8-7-9-14-27)30(38(35)6-3)24-37-20-11-10-17-29(37)28-18-19-31-32(23-28)40-22-21-39-31/h6-9,12-16,18-19,23,29H,3-5,10-11,17,20-22,24H2,1-2H3. The maximum absolute atomic E-state index is 5.95. The largest absolute Gasteiger partial charge is 0.486 e. The molecule has 1 unspecified atom stereocenters. The van der Waals surface area contributed by atoms with E-state index in [0.29, 0.717) is 19.3 Å². The van der Waals surface area contributed by atoms with Crippen molar-refractivity contribution in [2.24, 2.45) is 0 Å². The number of imidazole rings is 1. The summed E-state index contributed by atoms with van der Waals surface area (Å²) >= 11 is 0. The van der Waals surface area contributed by atoms with Crippen LogP contribution in [0.5, 0.6) is 11.5 Å². The second-order valence-electron chi connectivity index (χ2n) is 10.7. The SMILES string of the molecule is C=Cn1c(-c2c(CC)cccc2CC)nc(-c2ccccc2)c1CN1CCCCC1c1ccc2c(c1)OCCO2. The van der Waals surface area contributed by atoms with E-state index in [-0.39, 0.29) is 0 Å². The number of aromatic nitrogens is 2. The van der Waals surface area contributed by atoms with Gasteiger partial charge in [-0.25, -0.2) is 4.98 Å². The highest BCUT2D eigenvalue weighted by Crippen LogP contribution is 2.40. The van der Waals surface area contributed by atoms with Crippen LogP contribution in [0.1, 0.15) is 61.5 Å². The molecule has 0 saturated carbocycles. The fourth-order valence-corrected chi connectivity index (χ4v) is 6.36. The second kappa shape index (κ2) is 11.7. The number of ether oxygens (including phenoxy) is 2. The van der Waals surface area contributed by atoms with Gasteiger partial charge in [-0.2, -0.15) is 0 Å². The number of fused-ring (bicyclic) bond motifs is 1. The van der Waals surface area contributed by atoms with E-state index in [9.17, 15) is 0 Å². The van der Waals surface area contributed by atoms with Gasteiger partial charge >= 0.3 is 0 Å². The van der Waals surface area contributed by atoms with E-state index in [1.807, 2.05) is 6.20 Å².